The van der Waals surface area contributed by atoms with E-state index in [1.807, 2.05) is 36.1 Å². The molecule has 0 saturated carbocycles. The molecule has 1 fully saturated rings. The first kappa shape index (κ1) is 17.4. The van der Waals surface area contributed by atoms with Crippen LogP contribution in [0.25, 0.3) is 11.0 Å². The Labute approximate surface area is 164 Å². The van der Waals surface area contributed by atoms with E-state index in [9.17, 15) is 4.79 Å². The van der Waals surface area contributed by atoms with Gasteiger partial charge in [-0.25, -0.2) is 4.98 Å². The van der Waals surface area contributed by atoms with Gasteiger partial charge in [0.05, 0.1) is 5.02 Å². The molecule has 1 saturated heterocycles. The van der Waals surface area contributed by atoms with Crippen LogP contribution in [-0.4, -0.2) is 42.0 Å². The quantitative estimate of drug-likeness (QED) is 0.595. The van der Waals surface area contributed by atoms with Gasteiger partial charge in [0.1, 0.15) is 5.82 Å². The van der Waals surface area contributed by atoms with Gasteiger partial charge in [0, 0.05) is 47.8 Å². The minimum absolute atomic E-state index is 0.0850. The maximum Gasteiger partial charge on any atom is 0.290 e. The van der Waals surface area contributed by atoms with Gasteiger partial charge in [0.25, 0.3) is 5.91 Å². The number of aromatic nitrogens is 1. The number of carbonyl (C=O) groups excluding carboxylic acids is 1. The van der Waals surface area contributed by atoms with Crippen molar-refractivity contribution in [2.45, 2.75) is 6.92 Å². The Bertz CT molecular complexity index is 963. The molecule has 2 aromatic heterocycles. The third-order valence-electron chi connectivity index (χ3n) is 4.71. The summed E-state index contributed by atoms with van der Waals surface area (Å²) in [6.07, 6.45) is 1.79. The number of nitrogens with zero attached hydrogens (tertiary/aromatic N) is 3. The third kappa shape index (κ3) is 3.08. The molecule has 4 rings (SSSR count). The number of hydrogen-bond donors (Lipinski definition) is 0. The van der Waals surface area contributed by atoms with Gasteiger partial charge in [-0.1, -0.05) is 23.7 Å². The molecule has 1 amide bonds. The number of carbonyl (C=O) groups is 1. The van der Waals surface area contributed by atoms with Gasteiger partial charge < -0.3 is 14.2 Å². The Balaban J connectivity index is 1.51. The molecule has 3 aromatic rings. The molecule has 1 aliphatic heterocycles. The number of piperazine rings is 1. The number of pyridine rings is 1. The number of aryl methyl sites for hydroxylation is 1. The van der Waals surface area contributed by atoms with E-state index in [1.165, 1.54) is 0 Å². The second-order valence-electron chi connectivity index (χ2n) is 6.29. The minimum Gasteiger partial charge on any atom is -0.449 e. The molecule has 1 aromatic carbocycles. The van der Waals surface area contributed by atoms with E-state index in [-0.39, 0.29) is 5.91 Å². The fourth-order valence-corrected chi connectivity index (χ4v) is 3.70. The van der Waals surface area contributed by atoms with Crippen molar-refractivity contribution in [3.63, 3.8) is 0 Å². The molecule has 5 nitrogen and oxygen atoms in total. The average Bonchev–Trinajstić information content (AvgIpc) is 3.00. The lowest BCUT2D eigenvalue weighted by Gasteiger charge is -2.35. The van der Waals surface area contributed by atoms with Crippen molar-refractivity contribution >= 4 is 50.2 Å². The van der Waals surface area contributed by atoms with Crippen LogP contribution in [-0.2, 0) is 0 Å². The molecule has 134 valence electrons. The number of benzene rings is 1. The number of anilines is 1. The summed E-state index contributed by atoms with van der Waals surface area (Å²) in [4.78, 5) is 21.4. The van der Waals surface area contributed by atoms with Crippen molar-refractivity contribution in [1.82, 2.24) is 9.88 Å². The molecular weight excluding hydrogens is 418 g/mol. The van der Waals surface area contributed by atoms with Crippen LogP contribution >= 0.6 is 27.5 Å². The maximum absolute atomic E-state index is 12.9. The lowest BCUT2D eigenvalue weighted by molar-refractivity contribution is 0.0716. The van der Waals surface area contributed by atoms with Gasteiger partial charge in [0.15, 0.2) is 11.3 Å². The van der Waals surface area contributed by atoms with E-state index in [0.29, 0.717) is 29.5 Å². The van der Waals surface area contributed by atoms with Crippen molar-refractivity contribution < 1.29 is 9.21 Å². The van der Waals surface area contributed by atoms with E-state index in [2.05, 4.69) is 25.8 Å². The Morgan fingerprint density at radius 3 is 2.62 bits per heavy atom. The second kappa shape index (κ2) is 6.93. The van der Waals surface area contributed by atoms with Crippen LogP contribution in [0.2, 0.25) is 5.02 Å². The highest BCUT2D eigenvalue weighted by Gasteiger charge is 2.27. The Morgan fingerprint density at radius 1 is 1.19 bits per heavy atom. The molecule has 0 N–H and O–H groups in total. The minimum atomic E-state index is -0.0850. The summed E-state index contributed by atoms with van der Waals surface area (Å²) in [6, 6.07) is 9.51. The smallest absolute Gasteiger partial charge is 0.290 e. The van der Waals surface area contributed by atoms with E-state index >= 15 is 0 Å². The van der Waals surface area contributed by atoms with Crippen molar-refractivity contribution in [2.24, 2.45) is 0 Å². The van der Waals surface area contributed by atoms with Gasteiger partial charge in [-0.15, -0.1) is 0 Å². The number of furan rings is 1. The summed E-state index contributed by atoms with van der Waals surface area (Å²) >= 11 is 9.59. The summed E-state index contributed by atoms with van der Waals surface area (Å²) in [7, 11) is 0. The average molecular weight is 435 g/mol. The molecule has 0 radical (unpaired) electrons. The maximum atomic E-state index is 12.9. The number of hydrogen-bond acceptors (Lipinski definition) is 4. The fourth-order valence-electron chi connectivity index (χ4n) is 3.25. The van der Waals surface area contributed by atoms with Crippen molar-refractivity contribution in [3.8, 4) is 0 Å². The zero-order valence-electron chi connectivity index (χ0n) is 14.2. The van der Waals surface area contributed by atoms with Crippen molar-refractivity contribution in [2.75, 3.05) is 31.1 Å². The number of rotatable bonds is 2. The normalized spacial score (nSPS) is 14.9. The molecular formula is C19H17BrClN3O2. The fraction of sp³-hybridized carbons (Fsp3) is 0.263. The molecule has 7 heteroatoms. The standard InChI is InChI=1S/C19H17BrClN3O2/c1-12-14-3-2-4-15(21)18(14)26-17(12)19(25)24-9-7-23(8-10-24)16-6-5-13(20)11-22-16/h2-6,11H,7-10H2,1H3. The van der Waals surface area contributed by atoms with Crippen molar-refractivity contribution in [1.29, 1.82) is 0 Å². The first-order chi connectivity index (χ1) is 12.5. The Morgan fingerprint density at radius 2 is 1.96 bits per heavy atom. The van der Waals surface area contributed by atoms with Crippen LogP contribution in [0.5, 0.6) is 0 Å². The monoisotopic (exact) mass is 433 g/mol. The third-order valence-corrected chi connectivity index (χ3v) is 5.48. The number of fused-ring (bicyclic) bond motifs is 1. The highest BCUT2D eigenvalue weighted by Crippen LogP contribution is 2.31. The van der Waals surface area contributed by atoms with Crippen LogP contribution in [0.1, 0.15) is 16.1 Å². The molecule has 26 heavy (non-hydrogen) atoms. The van der Waals surface area contributed by atoms with Crippen LogP contribution in [0, 0.1) is 6.92 Å². The second-order valence-corrected chi connectivity index (χ2v) is 7.61. The van der Waals surface area contributed by atoms with Crippen LogP contribution < -0.4 is 4.90 Å². The molecule has 0 spiro atoms. The van der Waals surface area contributed by atoms with Crippen LogP contribution in [0.4, 0.5) is 5.82 Å². The lowest BCUT2D eigenvalue weighted by Crippen LogP contribution is -2.49. The van der Waals surface area contributed by atoms with Crippen LogP contribution in [0.15, 0.2) is 45.4 Å². The topological polar surface area (TPSA) is 49.6 Å². The summed E-state index contributed by atoms with van der Waals surface area (Å²) < 4.78 is 6.77. The zero-order valence-corrected chi connectivity index (χ0v) is 16.5. The zero-order chi connectivity index (χ0) is 18.3. The van der Waals surface area contributed by atoms with Gasteiger partial charge in [-0.3, -0.25) is 4.79 Å². The van der Waals surface area contributed by atoms with Gasteiger partial charge in [0.2, 0.25) is 0 Å². The van der Waals surface area contributed by atoms with Crippen molar-refractivity contribution in [3.05, 3.63) is 57.3 Å². The molecule has 1 aliphatic rings. The summed E-state index contributed by atoms with van der Waals surface area (Å²) in [5.41, 5.74) is 1.41. The Kier molecular flexibility index (Phi) is 4.63. The summed E-state index contributed by atoms with van der Waals surface area (Å²) in [5, 5.41) is 1.41. The molecule has 0 aliphatic carbocycles. The van der Waals surface area contributed by atoms with Gasteiger partial charge >= 0.3 is 0 Å². The van der Waals surface area contributed by atoms with E-state index in [1.54, 1.807) is 12.3 Å². The van der Waals surface area contributed by atoms with Gasteiger partial charge in [-0.2, -0.15) is 0 Å². The molecule has 0 bridgehead atoms. The molecule has 0 unspecified atom stereocenters. The molecule has 3 heterocycles. The van der Waals surface area contributed by atoms with Crippen LogP contribution in [0.3, 0.4) is 0 Å². The van der Waals surface area contributed by atoms with E-state index in [0.717, 1.165) is 34.3 Å². The highest BCUT2D eigenvalue weighted by molar-refractivity contribution is 9.10. The summed E-state index contributed by atoms with van der Waals surface area (Å²) in [6.45, 7) is 4.62. The lowest BCUT2D eigenvalue weighted by atomic mass is 10.1. The largest absolute Gasteiger partial charge is 0.449 e. The number of para-hydroxylation sites is 1. The Hall–Kier alpha value is -2.05. The number of halogens is 2. The first-order valence-corrected chi connectivity index (χ1v) is 9.55. The SMILES string of the molecule is Cc1c(C(=O)N2CCN(c3ccc(Br)cn3)CC2)oc2c(Cl)cccc12. The van der Waals surface area contributed by atoms with Gasteiger partial charge in [-0.05, 0) is 41.1 Å². The predicted molar refractivity (Wildman–Crippen MR) is 106 cm³/mol. The van der Waals surface area contributed by atoms with E-state index < -0.39 is 0 Å². The number of amides is 1. The predicted octanol–water partition coefficient (Wildman–Crippen LogP) is 4.51. The first-order valence-electron chi connectivity index (χ1n) is 8.38. The highest BCUT2D eigenvalue weighted by atomic mass is 79.9. The summed E-state index contributed by atoms with van der Waals surface area (Å²) in [5.74, 6) is 1.22. The molecule has 0 atom stereocenters. The van der Waals surface area contributed by atoms with E-state index in [4.69, 9.17) is 16.0 Å².